The Balaban J connectivity index is 1.56. The van der Waals surface area contributed by atoms with E-state index in [-0.39, 0.29) is 5.91 Å². The van der Waals surface area contributed by atoms with Crippen LogP contribution in [0.2, 0.25) is 0 Å². The average Bonchev–Trinajstić information content (AvgIpc) is 3.45. The first-order valence-corrected chi connectivity index (χ1v) is 11.6. The van der Waals surface area contributed by atoms with Gasteiger partial charge in [0.1, 0.15) is 11.4 Å². The van der Waals surface area contributed by atoms with Crippen LogP contribution in [0.3, 0.4) is 0 Å². The molecule has 4 aromatic rings. The van der Waals surface area contributed by atoms with Gasteiger partial charge in [0.05, 0.1) is 27.8 Å². The number of benzene rings is 2. The highest BCUT2D eigenvalue weighted by atomic mass is 32.2. The molecule has 0 atom stereocenters. The second-order valence-electron chi connectivity index (χ2n) is 6.85. The van der Waals surface area contributed by atoms with E-state index in [1.807, 2.05) is 89.9 Å². The van der Waals surface area contributed by atoms with Crippen molar-refractivity contribution in [2.45, 2.75) is 11.8 Å². The van der Waals surface area contributed by atoms with Gasteiger partial charge in [-0.05, 0) is 54.8 Å². The SMILES string of the molecule is CCOc1ccc2c(c1)SC(=Cc1cn(-c3ccccc3)nc1-c1cccs1)C(=O)N2. The molecule has 5 rings (SSSR count). The number of thiophene rings is 1. The summed E-state index contributed by atoms with van der Waals surface area (Å²) in [5.74, 6) is 0.673. The van der Waals surface area contributed by atoms with Gasteiger partial charge in [-0.2, -0.15) is 5.10 Å². The van der Waals surface area contributed by atoms with Crippen molar-refractivity contribution in [3.05, 3.63) is 82.7 Å². The van der Waals surface area contributed by atoms with E-state index in [1.54, 1.807) is 11.3 Å². The number of carbonyl (C=O) groups is 1. The number of nitrogens with one attached hydrogen (secondary N) is 1. The van der Waals surface area contributed by atoms with Crippen LogP contribution >= 0.6 is 23.1 Å². The highest BCUT2D eigenvalue weighted by Gasteiger charge is 2.23. The number of rotatable bonds is 5. The van der Waals surface area contributed by atoms with Crippen molar-refractivity contribution in [2.75, 3.05) is 11.9 Å². The second-order valence-corrected chi connectivity index (χ2v) is 8.88. The highest BCUT2D eigenvalue weighted by Crippen LogP contribution is 2.41. The zero-order chi connectivity index (χ0) is 21.2. The summed E-state index contributed by atoms with van der Waals surface area (Å²) in [4.78, 5) is 15.4. The number of para-hydroxylation sites is 1. The molecule has 5 nitrogen and oxygen atoms in total. The first kappa shape index (κ1) is 19.7. The van der Waals surface area contributed by atoms with Crippen molar-refractivity contribution in [1.82, 2.24) is 9.78 Å². The van der Waals surface area contributed by atoms with E-state index in [4.69, 9.17) is 9.84 Å². The molecule has 0 unspecified atom stereocenters. The molecule has 2 aromatic carbocycles. The van der Waals surface area contributed by atoms with Gasteiger partial charge in [-0.1, -0.05) is 36.0 Å². The van der Waals surface area contributed by atoms with Crippen LogP contribution in [0.25, 0.3) is 22.3 Å². The van der Waals surface area contributed by atoms with E-state index in [1.165, 1.54) is 11.8 Å². The number of nitrogens with zero attached hydrogens (tertiary/aromatic N) is 2. The molecular weight excluding hydrogens is 426 g/mol. The van der Waals surface area contributed by atoms with Crippen LogP contribution in [0.4, 0.5) is 5.69 Å². The highest BCUT2D eigenvalue weighted by molar-refractivity contribution is 8.04. The Hall–Kier alpha value is -3.29. The number of thioether (sulfide) groups is 1. The summed E-state index contributed by atoms with van der Waals surface area (Å²) < 4.78 is 7.47. The Kier molecular flexibility index (Phi) is 5.36. The Morgan fingerprint density at radius 3 is 2.77 bits per heavy atom. The van der Waals surface area contributed by atoms with Gasteiger partial charge in [-0.3, -0.25) is 4.79 Å². The molecule has 3 heterocycles. The van der Waals surface area contributed by atoms with E-state index >= 15 is 0 Å². The number of aromatic nitrogens is 2. The Morgan fingerprint density at radius 2 is 2.00 bits per heavy atom. The van der Waals surface area contributed by atoms with Crippen molar-refractivity contribution in [3.63, 3.8) is 0 Å². The summed E-state index contributed by atoms with van der Waals surface area (Å²) in [6.45, 7) is 2.55. The molecular formula is C24H19N3O2S2. The Bertz CT molecular complexity index is 1260. The van der Waals surface area contributed by atoms with Gasteiger partial charge in [0.25, 0.3) is 5.91 Å². The second kappa shape index (κ2) is 8.45. The molecule has 0 fully saturated rings. The van der Waals surface area contributed by atoms with E-state index in [0.717, 1.165) is 38.2 Å². The summed E-state index contributed by atoms with van der Waals surface area (Å²) in [5, 5.41) is 9.83. The number of anilines is 1. The summed E-state index contributed by atoms with van der Waals surface area (Å²) in [6.07, 6.45) is 3.88. The third-order valence-electron chi connectivity index (χ3n) is 4.76. The third-order valence-corrected chi connectivity index (χ3v) is 6.72. The fourth-order valence-corrected chi connectivity index (χ4v) is 5.04. The summed E-state index contributed by atoms with van der Waals surface area (Å²) >= 11 is 3.07. The molecule has 0 aliphatic carbocycles. The number of hydrogen-bond acceptors (Lipinski definition) is 5. The van der Waals surface area contributed by atoms with Gasteiger partial charge < -0.3 is 10.1 Å². The molecule has 1 N–H and O–H groups in total. The smallest absolute Gasteiger partial charge is 0.262 e. The molecule has 31 heavy (non-hydrogen) atoms. The molecule has 1 aliphatic heterocycles. The average molecular weight is 446 g/mol. The molecule has 0 spiro atoms. The lowest BCUT2D eigenvalue weighted by atomic mass is 10.2. The van der Waals surface area contributed by atoms with Crippen LogP contribution in [0.1, 0.15) is 12.5 Å². The van der Waals surface area contributed by atoms with Crippen molar-refractivity contribution in [2.24, 2.45) is 0 Å². The van der Waals surface area contributed by atoms with Gasteiger partial charge in [0.2, 0.25) is 0 Å². The first-order valence-electron chi connectivity index (χ1n) is 9.88. The minimum Gasteiger partial charge on any atom is -0.494 e. The number of ether oxygens (including phenoxy) is 1. The Labute approximate surface area is 188 Å². The molecule has 154 valence electrons. The lowest BCUT2D eigenvalue weighted by Crippen LogP contribution is -2.17. The largest absolute Gasteiger partial charge is 0.494 e. The summed E-state index contributed by atoms with van der Waals surface area (Å²) in [6, 6.07) is 19.7. The van der Waals surface area contributed by atoms with Crippen molar-refractivity contribution < 1.29 is 9.53 Å². The summed E-state index contributed by atoms with van der Waals surface area (Å²) in [5.41, 5.74) is 3.52. The van der Waals surface area contributed by atoms with Gasteiger partial charge in [-0.25, -0.2) is 4.68 Å². The molecule has 0 saturated carbocycles. The lowest BCUT2D eigenvalue weighted by molar-refractivity contribution is -0.112. The van der Waals surface area contributed by atoms with Crippen molar-refractivity contribution in [1.29, 1.82) is 0 Å². The van der Waals surface area contributed by atoms with Gasteiger partial charge in [0, 0.05) is 16.7 Å². The maximum absolute atomic E-state index is 12.8. The number of amides is 1. The minimum absolute atomic E-state index is 0.119. The number of fused-ring (bicyclic) bond motifs is 1. The van der Waals surface area contributed by atoms with E-state index < -0.39 is 0 Å². The van der Waals surface area contributed by atoms with Crippen LogP contribution in [0.5, 0.6) is 5.75 Å². The topological polar surface area (TPSA) is 56.2 Å². The van der Waals surface area contributed by atoms with E-state index in [2.05, 4.69) is 5.32 Å². The molecule has 0 bridgehead atoms. The molecule has 7 heteroatoms. The predicted molar refractivity (Wildman–Crippen MR) is 127 cm³/mol. The molecule has 0 radical (unpaired) electrons. The standard InChI is InChI=1S/C24H19N3O2S2/c1-2-29-18-10-11-19-21(14-18)31-22(24(28)25-19)13-16-15-27(17-7-4-3-5-8-17)26-23(16)20-9-6-12-30-20/h3-15H,2H2,1H3,(H,25,28). The van der Waals surface area contributed by atoms with Gasteiger partial charge in [-0.15, -0.1) is 11.3 Å². The quantitative estimate of drug-likeness (QED) is 0.378. The van der Waals surface area contributed by atoms with E-state index in [9.17, 15) is 4.79 Å². The van der Waals surface area contributed by atoms with Crippen LogP contribution in [-0.2, 0) is 4.79 Å². The van der Waals surface area contributed by atoms with E-state index in [0.29, 0.717) is 11.5 Å². The molecule has 0 saturated heterocycles. The molecule has 2 aromatic heterocycles. The van der Waals surface area contributed by atoms with Gasteiger partial charge in [0.15, 0.2) is 0 Å². The lowest BCUT2D eigenvalue weighted by Gasteiger charge is -2.19. The van der Waals surface area contributed by atoms with Crippen molar-refractivity contribution >= 4 is 40.8 Å². The maximum Gasteiger partial charge on any atom is 0.262 e. The van der Waals surface area contributed by atoms with Gasteiger partial charge >= 0.3 is 0 Å². The monoisotopic (exact) mass is 445 g/mol. The first-order chi connectivity index (χ1) is 15.2. The zero-order valence-corrected chi connectivity index (χ0v) is 18.4. The number of carbonyl (C=O) groups excluding carboxylic acids is 1. The van der Waals surface area contributed by atoms with Crippen molar-refractivity contribution in [3.8, 4) is 22.0 Å². The van der Waals surface area contributed by atoms with Crippen LogP contribution in [-0.4, -0.2) is 22.3 Å². The fraction of sp³-hybridized carbons (Fsp3) is 0.0833. The zero-order valence-electron chi connectivity index (χ0n) is 16.7. The van der Waals surface area contributed by atoms with Crippen LogP contribution in [0, 0.1) is 0 Å². The summed E-state index contributed by atoms with van der Waals surface area (Å²) in [7, 11) is 0. The number of hydrogen-bond donors (Lipinski definition) is 1. The molecule has 1 amide bonds. The Morgan fingerprint density at radius 1 is 1.13 bits per heavy atom. The van der Waals surface area contributed by atoms with Crippen LogP contribution in [0.15, 0.2) is 82.0 Å². The third kappa shape index (κ3) is 4.02. The fourth-order valence-electron chi connectivity index (χ4n) is 3.34. The predicted octanol–water partition coefficient (Wildman–Crippen LogP) is 6.08. The molecule has 1 aliphatic rings. The minimum atomic E-state index is -0.119. The maximum atomic E-state index is 12.8. The van der Waals surface area contributed by atoms with Crippen LogP contribution < -0.4 is 10.1 Å². The normalized spacial score (nSPS) is 14.4.